The maximum Gasteiger partial charge on any atom is 0.354 e. The van der Waals surface area contributed by atoms with Crippen molar-refractivity contribution in [3.8, 4) is 0 Å². The van der Waals surface area contributed by atoms with E-state index in [-0.39, 0.29) is 0 Å². The van der Waals surface area contributed by atoms with E-state index in [1.165, 1.54) is 21.1 Å². The molecular formula is C12H18NO5P. The van der Waals surface area contributed by atoms with Crippen molar-refractivity contribution in [1.29, 1.82) is 0 Å². The van der Waals surface area contributed by atoms with Crippen LogP contribution in [0.15, 0.2) is 30.3 Å². The van der Waals surface area contributed by atoms with Gasteiger partial charge in [-0.3, -0.25) is 9.36 Å². The summed E-state index contributed by atoms with van der Waals surface area (Å²) < 4.78 is 21.9. The summed E-state index contributed by atoms with van der Waals surface area (Å²) in [5, 5.41) is 12.1. The lowest BCUT2D eigenvalue weighted by molar-refractivity contribution is 0.0881. The van der Waals surface area contributed by atoms with Gasteiger partial charge in [0.05, 0.1) is 6.10 Å². The van der Waals surface area contributed by atoms with Crippen molar-refractivity contribution in [2.75, 3.05) is 14.2 Å². The Morgan fingerprint density at radius 3 is 2.21 bits per heavy atom. The molecule has 0 unspecified atom stereocenters. The molecule has 0 saturated carbocycles. The van der Waals surface area contributed by atoms with Gasteiger partial charge in [-0.2, -0.15) is 0 Å². The van der Waals surface area contributed by atoms with Gasteiger partial charge in [0.15, 0.2) is 5.78 Å². The molecule has 2 N–H and O–H groups in total. The maximum atomic E-state index is 12.2. The first kappa shape index (κ1) is 15.9. The van der Waals surface area contributed by atoms with Crippen LogP contribution in [0.3, 0.4) is 0 Å². The van der Waals surface area contributed by atoms with E-state index in [9.17, 15) is 14.5 Å². The summed E-state index contributed by atoms with van der Waals surface area (Å²) in [7, 11) is -1.20. The molecule has 0 radical (unpaired) electrons. The van der Waals surface area contributed by atoms with Crippen molar-refractivity contribution in [3.63, 3.8) is 0 Å². The minimum atomic E-state index is -3.60. The van der Waals surface area contributed by atoms with Crippen molar-refractivity contribution in [2.45, 2.75) is 18.8 Å². The number of aliphatic hydroxyl groups excluding tert-OH is 1. The van der Waals surface area contributed by atoms with Crippen LogP contribution < -0.4 is 5.32 Å². The number of carbonyl (C=O) groups excluding carboxylic acids is 1. The third-order valence-corrected chi connectivity index (χ3v) is 4.88. The molecule has 1 rings (SSSR count). The van der Waals surface area contributed by atoms with E-state index in [0.29, 0.717) is 5.56 Å². The summed E-state index contributed by atoms with van der Waals surface area (Å²) in [4.78, 5) is 12.0. The molecule has 0 saturated heterocycles. The molecule has 19 heavy (non-hydrogen) atoms. The molecule has 0 aliphatic heterocycles. The Kier molecular flexibility index (Phi) is 5.69. The van der Waals surface area contributed by atoms with Gasteiger partial charge in [0.25, 0.3) is 5.91 Å². The zero-order valence-corrected chi connectivity index (χ0v) is 12.0. The Balaban J connectivity index is 2.92. The highest BCUT2D eigenvalue weighted by atomic mass is 31.2. The highest BCUT2D eigenvalue weighted by Crippen LogP contribution is 2.51. The van der Waals surface area contributed by atoms with Crippen LogP contribution in [0.5, 0.6) is 0 Å². The molecule has 0 fully saturated rings. The molecular weight excluding hydrogens is 269 g/mol. The number of amides is 1. The molecule has 0 aliphatic carbocycles. The monoisotopic (exact) mass is 287 g/mol. The minimum Gasteiger partial charge on any atom is -0.391 e. The molecule has 106 valence electrons. The number of rotatable bonds is 6. The normalized spacial score (nSPS) is 14.7. The SMILES string of the molecule is COP(=O)(OC)[C@H](NC(=O)c1ccccc1)[C@H](C)O. The van der Waals surface area contributed by atoms with Crippen LogP contribution in [-0.4, -0.2) is 37.1 Å². The summed E-state index contributed by atoms with van der Waals surface area (Å²) >= 11 is 0. The highest BCUT2D eigenvalue weighted by Gasteiger charge is 2.38. The number of hydrogen-bond donors (Lipinski definition) is 2. The van der Waals surface area contributed by atoms with Crippen LogP contribution in [0.25, 0.3) is 0 Å². The van der Waals surface area contributed by atoms with E-state index in [2.05, 4.69) is 5.32 Å². The van der Waals surface area contributed by atoms with Crippen LogP contribution in [0.1, 0.15) is 17.3 Å². The zero-order chi connectivity index (χ0) is 14.5. The number of benzene rings is 1. The third-order valence-electron chi connectivity index (χ3n) is 2.62. The van der Waals surface area contributed by atoms with Gasteiger partial charge in [-0.15, -0.1) is 0 Å². The van der Waals surface area contributed by atoms with Gasteiger partial charge in [0, 0.05) is 19.8 Å². The summed E-state index contributed by atoms with van der Waals surface area (Å²) in [6.45, 7) is 1.40. The van der Waals surface area contributed by atoms with Crippen molar-refractivity contribution in [3.05, 3.63) is 35.9 Å². The smallest absolute Gasteiger partial charge is 0.354 e. The predicted octanol–water partition coefficient (Wildman–Crippen LogP) is 1.61. The Hall–Kier alpha value is -1.20. The van der Waals surface area contributed by atoms with Crippen LogP contribution >= 0.6 is 7.60 Å². The average molecular weight is 287 g/mol. The second kappa shape index (κ2) is 6.82. The van der Waals surface area contributed by atoms with Crippen LogP contribution in [0, 0.1) is 0 Å². The predicted molar refractivity (Wildman–Crippen MR) is 71.0 cm³/mol. The van der Waals surface area contributed by atoms with E-state index in [1.54, 1.807) is 30.3 Å². The minimum absolute atomic E-state index is 0.395. The maximum absolute atomic E-state index is 12.2. The number of nitrogens with one attached hydrogen (secondary N) is 1. The Morgan fingerprint density at radius 2 is 1.79 bits per heavy atom. The van der Waals surface area contributed by atoms with E-state index in [1.807, 2.05) is 0 Å². The van der Waals surface area contributed by atoms with Crippen LogP contribution in [0.4, 0.5) is 0 Å². The molecule has 0 bridgehead atoms. The highest BCUT2D eigenvalue weighted by molar-refractivity contribution is 7.54. The molecule has 0 aliphatic rings. The molecule has 7 heteroatoms. The van der Waals surface area contributed by atoms with Gasteiger partial charge in [0.1, 0.15) is 0 Å². The standard InChI is InChI=1S/C12H18NO5P/c1-9(14)12(19(16,17-2)18-3)13-11(15)10-7-5-4-6-8-10/h4-9,12,14H,1-3H3,(H,13,15)/t9-,12-/m0/s1. The molecule has 1 aromatic rings. The molecule has 1 aromatic carbocycles. The molecule has 1 amide bonds. The lowest BCUT2D eigenvalue weighted by Gasteiger charge is -2.27. The fraction of sp³-hybridized carbons (Fsp3) is 0.417. The van der Waals surface area contributed by atoms with Gasteiger partial charge < -0.3 is 19.5 Å². The summed E-state index contributed by atoms with van der Waals surface area (Å²) in [5.41, 5.74) is 0.395. The summed E-state index contributed by atoms with van der Waals surface area (Å²) in [6, 6.07) is 8.41. The number of carbonyl (C=O) groups is 1. The Morgan fingerprint density at radius 1 is 1.26 bits per heavy atom. The lowest BCUT2D eigenvalue weighted by Crippen LogP contribution is -2.42. The number of hydrogen-bond acceptors (Lipinski definition) is 5. The first-order valence-electron chi connectivity index (χ1n) is 5.69. The molecule has 0 heterocycles. The largest absolute Gasteiger partial charge is 0.391 e. The van der Waals surface area contributed by atoms with Gasteiger partial charge >= 0.3 is 7.60 Å². The topological polar surface area (TPSA) is 84.9 Å². The van der Waals surface area contributed by atoms with Crippen molar-refractivity contribution >= 4 is 13.5 Å². The van der Waals surface area contributed by atoms with E-state index < -0.39 is 25.4 Å². The van der Waals surface area contributed by atoms with Gasteiger partial charge in [-0.05, 0) is 19.1 Å². The van der Waals surface area contributed by atoms with Crippen molar-refractivity contribution in [2.24, 2.45) is 0 Å². The zero-order valence-electron chi connectivity index (χ0n) is 11.1. The summed E-state index contributed by atoms with van der Waals surface area (Å²) in [6.07, 6.45) is -1.08. The second-order valence-electron chi connectivity index (χ2n) is 3.93. The van der Waals surface area contributed by atoms with Gasteiger partial charge in [-0.1, -0.05) is 18.2 Å². The van der Waals surface area contributed by atoms with E-state index in [0.717, 1.165) is 0 Å². The molecule has 2 atom stereocenters. The second-order valence-corrected chi connectivity index (χ2v) is 6.30. The molecule has 0 spiro atoms. The lowest BCUT2D eigenvalue weighted by atomic mass is 10.2. The first-order valence-corrected chi connectivity index (χ1v) is 7.31. The van der Waals surface area contributed by atoms with E-state index >= 15 is 0 Å². The quantitative estimate of drug-likeness (QED) is 0.776. The third kappa shape index (κ3) is 3.88. The Labute approximate surface area is 112 Å². The fourth-order valence-corrected chi connectivity index (χ4v) is 2.98. The fourth-order valence-electron chi connectivity index (χ4n) is 1.57. The van der Waals surface area contributed by atoms with Gasteiger partial charge in [0.2, 0.25) is 0 Å². The average Bonchev–Trinajstić information content (AvgIpc) is 2.44. The first-order chi connectivity index (χ1) is 8.94. The van der Waals surface area contributed by atoms with Crippen molar-refractivity contribution < 1.29 is 23.5 Å². The number of aliphatic hydroxyl groups is 1. The van der Waals surface area contributed by atoms with Crippen LogP contribution in [0.2, 0.25) is 0 Å². The summed E-state index contributed by atoms with van der Waals surface area (Å²) in [5.74, 6) is -1.59. The van der Waals surface area contributed by atoms with Crippen molar-refractivity contribution in [1.82, 2.24) is 5.32 Å². The van der Waals surface area contributed by atoms with E-state index in [4.69, 9.17) is 9.05 Å². The van der Waals surface area contributed by atoms with Crippen LogP contribution in [-0.2, 0) is 13.6 Å². The molecule has 0 aromatic heterocycles. The van der Waals surface area contributed by atoms with Gasteiger partial charge in [-0.25, -0.2) is 0 Å². The molecule has 6 nitrogen and oxygen atoms in total. The Bertz CT molecular complexity index is 454.